The van der Waals surface area contributed by atoms with E-state index in [0.717, 1.165) is 22.6 Å². The van der Waals surface area contributed by atoms with Crippen molar-refractivity contribution in [2.75, 3.05) is 20.6 Å². The summed E-state index contributed by atoms with van der Waals surface area (Å²) in [6.45, 7) is 0.230. The lowest BCUT2D eigenvalue weighted by molar-refractivity contribution is -0.890. The summed E-state index contributed by atoms with van der Waals surface area (Å²) in [6.07, 6.45) is 3.40. The SMILES string of the molecule is C[NH+](C)C(CNS(=O)(=O)c1ccc(F)cc1)c1cccnc1. The molecule has 2 rings (SSSR count). The molecule has 0 radical (unpaired) electrons. The summed E-state index contributed by atoms with van der Waals surface area (Å²) in [5, 5.41) is 0. The molecule has 0 bridgehead atoms. The zero-order chi connectivity index (χ0) is 16.2. The normalized spacial score (nSPS) is 13.3. The van der Waals surface area contributed by atoms with Crippen molar-refractivity contribution in [3.8, 4) is 0 Å². The van der Waals surface area contributed by atoms with Crippen LogP contribution in [0.25, 0.3) is 0 Å². The summed E-state index contributed by atoms with van der Waals surface area (Å²) in [6, 6.07) is 8.42. The minimum absolute atomic E-state index is 0.0487. The van der Waals surface area contributed by atoms with Crippen molar-refractivity contribution in [1.82, 2.24) is 9.71 Å². The van der Waals surface area contributed by atoms with Gasteiger partial charge in [0.1, 0.15) is 11.9 Å². The maximum atomic E-state index is 12.9. The van der Waals surface area contributed by atoms with Gasteiger partial charge in [-0.25, -0.2) is 17.5 Å². The minimum atomic E-state index is -3.66. The topological polar surface area (TPSA) is 63.5 Å². The Kier molecular flexibility index (Phi) is 5.23. The van der Waals surface area contributed by atoms with Gasteiger partial charge in [-0.2, -0.15) is 0 Å². The predicted octanol–water partition coefficient (Wildman–Crippen LogP) is 0.385. The molecule has 7 heteroatoms. The maximum Gasteiger partial charge on any atom is 0.240 e. The number of rotatable bonds is 6. The summed E-state index contributed by atoms with van der Waals surface area (Å²) in [7, 11) is 0.233. The highest BCUT2D eigenvalue weighted by atomic mass is 32.2. The first-order valence-electron chi connectivity index (χ1n) is 6.85. The van der Waals surface area contributed by atoms with Crippen LogP contribution in [0.4, 0.5) is 4.39 Å². The van der Waals surface area contributed by atoms with E-state index in [4.69, 9.17) is 0 Å². The molecule has 118 valence electrons. The first-order chi connectivity index (χ1) is 10.4. The second-order valence-corrected chi connectivity index (χ2v) is 6.99. The number of nitrogens with zero attached hydrogens (tertiary/aromatic N) is 1. The van der Waals surface area contributed by atoms with Gasteiger partial charge < -0.3 is 4.90 Å². The van der Waals surface area contributed by atoms with Crippen LogP contribution in [0, 0.1) is 5.82 Å². The molecule has 1 heterocycles. The molecule has 0 saturated heterocycles. The molecule has 5 nitrogen and oxygen atoms in total. The molecule has 2 aromatic rings. The predicted molar refractivity (Wildman–Crippen MR) is 81.4 cm³/mol. The summed E-state index contributed by atoms with van der Waals surface area (Å²) in [5.74, 6) is -0.468. The Bertz CT molecular complexity index is 703. The third kappa shape index (κ3) is 4.09. The number of nitrogens with one attached hydrogen (secondary N) is 2. The number of benzene rings is 1. The third-order valence-electron chi connectivity index (χ3n) is 3.39. The highest BCUT2D eigenvalue weighted by molar-refractivity contribution is 7.89. The van der Waals surface area contributed by atoms with E-state index in [1.54, 1.807) is 12.4 Å². The van der Waals surface area contributed by atoms with E-state index in [0.29, 0.717) is 0 Å². The van der Waals surface area contributed by atoms with E-state index >= 15 is 0 Å². The van der Waals surface area contributed by atoms with E-state index in [1.807, 2.05) is 26.2 Å². The van der Waals surface area contributed by atoms with Crippen LogP contribution in [0.2, 0.25) is 0 Å². The van der Waals surface area contributed by atoms with Gasteiger partial charge in [0.05, 0.1) is 25.5 Å². The molecule has 0 aliphatic heterocycles. The lowest BCUT2D eigenvalue weighted by Gasteiger charge is -2.21. The molecular formula is C15H19FN3O2S+. The molecule has 0 fully saturated rings. The van der Waals surface area contributed by atoms with Gasteiger partial charge in [0.15, 0.2) is 0 Å². The second-order valence-electron chi connectivity index (χ2n) is 5.22. The van der Waals surface area contributed by atoms with E-state index in [-0.39, 0.29) is 17.5 Å². The summed E-state index contributed by atoms with van der Waals surface area (Å²) in [5.41, 5.74) is 0.948. The maximum absolute atomic E-state index is 12.9. The molecule has 0 saturated carbocycles. The van der Waals surface area contributed by atoms with E-state index in [2.05, 4.69) is 9.71 Å². The average Bonchev–Trinajstić information content (AvgIpc) is 2.48. The molecule has 2 N–H and O–H groups in total. The van der Waals surface area contributed by atoms with Crippen LogP contribution in [0.5, 0.6) is 0 Å². The van der Waals surface area contributed by atoms with Crippen LogP contribution in [0.15, 0.2) is 53.7 Å². The van der Waals surface area contributed by atoms with Gasteiger partial charge in [-0.05, 0) is 36.4 Å². The lowest BCUT2D eigenvalue weighted by atomic mass is 10.1. The van der Waals surface area contributed by atoms with Crippen LogP contribution in [0.1, 0.15) is 11.6 Å². The molecule has 1 aromatic carbocycles. The molecule has 0 spiro atoms. The molecule has 22 heavy (non-hydrogen) atoms. The van der Waals surface area contributed by atoms with Crippen molar-refractivity contribution in [1.29, 1.82) is 0 Å². The van der Waals surface area contributed by atoms with Crippen molar-refractivity contribution in [3.63, 3.8) is 0 Å². The molecule has 0 amide bonds. The fraction of sp³-hybridized carbons (Fsp3) is 0.267. The van der Waals surface area contributed by atoms with Gasteiger partial charge in [0.2, 0.25) is 10.0 Å². The largest absolute Gasteiger partial charge is 0.332 e. The summed E-state index contributed by atoms with van der Waals surface area (Å²) < 4.78 is 40.0. The summed E-state index contributed by atoms with van der Waals surface area (Å²) >= 11 is 0. The number of hydrogen-bond acceptors (Lipinski definition) is 3. The van der Waals surface area contributed by atoms with E-state index in [9.17, 15) is 12.8 Å². The second kappa shape index (κ2) is 6.95. The van der Waals surface area contributed by atoms with Gasteiger partial charge in [-0.15, -0.1) is 0 Å². The first kappa shape index (κ1) is 16.5. The molecule has 1 unspecified atom stereocenters. The van der Waals surface area contributed by atoms with E-state index in [1.165, 1.54) is 12.1 Å². The zero-order valence-electron chi connectivity index (χ0n) is 12.5. The summed E-state index contributed by atoms with van der Waals surface area (Å²) in [4.78, 5) is 5.20. The number of pyridine rings is 1. The number of halogens is 1. The highest BCUT2D eigenvalue weighted by Gasteiger charge is 2.22. The third-order valence-corrected chi connectivity index (χ3v) is 4.82. The quantitative estimate of drug-likeness (QED) is 0.808. The molecule has 1 atom stereocenters. The van der Waals surface area contributed by atoms with Crippen LogP contribution in [-0.2, 0) is 10.0 Å². The van der Waals surface area contributed by atoms with E-state index < -0.39 is 15.8 Å². The number of sulfonamides is 1. The molecule has 1 aromatic heterocycles. The fourth-order valence-corrected chi connectivity index (χ4v) is 3.17. The smallest absolute Gasteiger partial charge is 0.240 e. The molecule has 0 aliphatic carbocycles. The Hall–Kier alpha value is -1.83. The number of aromatic nitrogens is 1. The monoisotopic (exact) mass is 324 g/mol. The zero-order valence-corrected chi connectivity index (χ0v) is 13.3. The van der Waals surface area contributed by atoms with Crippen molar-refractivity contribution >= 4 is 10.0 Å². The van der Waals surface area contributed by atoms with Gasteiger partial charge >= 0.3 is 0 Å². The lowest BCUT2D eigenvalue weighted by Crippen LogP contribution is -3.07. The Morgan fingerprint density at radius 3 is 2.45 bits per heavy atom. The Morgan fingerprint density at radius 2 is 1.91 bits per heavy atom. The molecule has 0 aliphatic rings. The Balaban J connectivity index is 2.14. The minimum Gasteiger partial charge on any atom is -0.332 e. The number of likely N-dealkylation sites (N-methyl/N-ethyl adjacent to an activating group) is 1. The van der Waals surface area contributed by atoms with Crippen molar-refractivity contribution < 1.29 is 17.7 Å². The van der Waals surface area contributed by atoms with Crippen molar-refractivity contribution in [3.05, 3.63) is 60.2 Å². The van der Waals surface area contributed by atoms with Crippen LogP contribution in [-0.4, -0.2) is 34.0 Å². The van der Waals surface area contributed by atoms with Crippen molar-refractivity contribution in [2.24, 2.45) is 0 Å². The van der Waals surface area contributed by atoms with Gasteiger partial charge in [0.25, 0.3) is 0 Å². The Labute approximate surface area is 129 Å². The highest BCUT2D eigenvalue weighted by Crippen LogP contribution is 2.11. The van der Waals surface area contributed by atoms with Crippen molar-refractivity contribution in [2.45, 2.75) is 10.9 Å². The number of quaternary nitrogens is 1. The van der Waals surface area contributed by atoms with Crippen LogP contribution >= 0.6 is 0 Å². The Morgan fingerprint density at radius 1 is 1.23 bits per heavy atom. The van der Waals surface area contributed by atoms with Gasteiger partial charge in [0, 0.05) is 18.0 Å². The standard InChI is InChI=1S/C15H18FN3O2S/c1-19(2)15(12-4-3-9-17-10-12)11-18-22(20,21)14-7-5-13(16)6-8-14/h3-10,15,18H,11H2,1-2H3/p+1. The van der Waals surface area contributed by atoms with Gasteiger partial charge in [-0.1, -0.05) is 0 Å². The fourth-order valence-electron chi connectivity index (χ4n) is 2.13. The van der Waals surface area contributed by atoms with Crippen LogP contribution in [0.3, 0.4) is 0 Å². The first-order valence-corrected chi connectivity index (χ1v) is 8.33. The number of hydrogen-bond donors (Lipinski definition) is 2. The average molecular weight is 324 g/mol. The van der Waals surface area contributed by atoms with Gasteiger partial charge in [-0.3, -0.25) is 4.98 Å². The van der Waals surface area contributed by atoms with Crippen LogP contribution < -0.4 is 9.62 Å². The molecular weight excluding hydrogens is 305 g/mol.